The molecule has 100 valence electrons. The molecule has 0 spiro atoms. The maximum absolute atomic E-state index is 6.07. The van der Waals surface area contributed by atoms with Crippen LogP contribution in [0, 0.1) is 13.8 Å². The second-order valence-electron chi connectivity index (χ2n) is 4.20. The number of hydrogen-bond acceptors (Lipinski definition) is 3. The third-order valence-corrected chi connectivity index (χ3v) is 3.46. The van der Waals surface area contributed by atoms with Crippen LogP contribution >= 0.6 is 23.2 Å². The topological polar surface area (TPSA) is 35.0 Å². The van der Waals surface area contributed by atoms with Crippen LogP contribution < -0.4 is 4.74 Å². The van der Waals surface area contributed by atoms with E-state index in [1.807, 2.05) is 26.8 Å². The molecule has 0 aliphatic carbocycles. The van der Waals surface area contributed by atoms with Crippen molar-refractivity contribution >= 4 is 23.2 Å². The second-order valence-corrected chi connectivity index (χ2v) is 4.96. The molecule has 0 aliphatic rings. The Bertz CT molecular complexity index is 615. The number of aromatic nitrogens is 2. The highest BCUT2D eigenvalue weighted by molar-refractivity contribution is 6.31. The van der Waals surface area contributed by atoms with Gasteiger partial charge in [-0.3, -0.25) is 0 Å². The Morgan fingerprint density at radius 3 is 2.47 bits per heavy atom. The monoisotopic (exact) mass is 296 g/mol. The first kappa shape index (κ1) is 14.1. The van der Waals surface area contributed by atoms with Crippen LogP contribution in [0.3, 0.4) is 0 Å². The van der Waals surface area contributed by atoms with E-state index in [4.69, 9.17) is 27.9 Å². The van der Waals surface area contributed by atoms with Crippen molar-refractivity contribution in [2.45, 2.75) is 27.2 Å². The molecule has 19 heavy (non-hydrogen) atoms. The molecule has 0 radical (unpaired) electrons. The third kappa shape index (κ3) is 3.17. The van der Waals surface area contributed by atoms with Crippen molar-refractivity contribution in [3.63, 3.8) is 0 Å². The Morgan fingerprint density at radius 1 is 1.11 bits per heavy atom. The minimum Gasteiger partial charge on any atom is -0.436 e. The van der Waals surface area contributed by atoms with Gasteiger partial charge < -0.3 is 4.74 Å². The fraction of sp³-hybridized carbons (Fsp3) is 0.286. The van der Waals surface area contributed by atoms with Gasteiger partial charge in [-0.15, -0.1) is 0 Å². The third-order valence-electron chi connectivity index (χ3n) is 2.85. The molecule has 0 unspecified atom stereocenters. The van der Waals surface area contributed by atoms with Crippen LogP contribution in [0.15, 0.2) is 18.2 Å². The zero-order valence-electron chi connectivity index (χ0n) is 11.0. The van der Waals surface area contributed by atoms with Gasteiger partial charge in [-0.2, -0.15) is 0 Å². The SMILES string of the molecule is CCc1cc(Oc2nc(C)c(C)nc2Cl)ccc1Cl. The summed E-state index contributed by atoms with van der Waals surface area (Å²) in [6, 6.07) is 5.47. The van der Waals surface area contributed by atoms with Crippen molar-refractivity contribution in [3.8, 4) is 11.6 Å². The highest BCUT2D eigenvalue weighted by Crippen LogP contribution is 2.29. The fourth-order valence-electron chi connectivity index (χ4n) is 1.62. The first-order chi connectivity index (χ1) is 9.01. The lowest BCUT2D eigenvalue weighted by Gasteiger charge is -2.10. The lowest BCUT2D eigenvalue weighted by molar-refractivity contribution is 0.458. The van der Waals surface area contributed by atoms with Crippen molar-refractivity contribution in [1.82, 2.24) is 9.97 Å². The standard InChI is InChI=1S/C14H14Cl2N2O/c1-4-10-7-11(5-6-12(10)15)19-14-13(16)17-8(2)9(3)18-14/h5-7H,4H2,1-3H3. The summed E-state index contributed by atoms with van der Waals surface area (Å²) in [5.74, 6) is 0.967. The molecule has 0 N–H and O–H groups in total. The maximum Gasteiger partial charge on any atom is 0.257 e. The minimum atomic E-state index is 0.260. The predicted molar refractivity (Wildman–Crippen MR) is 77.4 cm³/mol. The summed E-state index contributed by atoms with van der Waals surface area (Å²) < 4.78 is 5.68. The number of ether oxygens (including phenoxy) is 1. The Balaban J connectivity index is 2.33. The van der Waals surface area contributed by atoms with Crippen LogP contribution in [0.4, 0.5) is 0 Å². The van der Waals surface area contributed by atoms with E-state index in [0.717, 1.165) is 28.4 Å². The molecule has 5 heteroatoms. The van der Waals surface area contributed by atoms with Gasteiger partial charge in [0.2, 0.25) is 0 Å². The highest BCUT2D eigenvalue weighted by Gasteiger charge is 2.10. The van der Waals surface area contributed by atoms with Gasteiger partial charge in [-0.05, 0) is 44.0 Å². The summed E-state index contributed by atoms with van der Waals surface area (Å²) in [6.07, 6.45) is 0.836. The summed E-state index contributed by atoms with van der Waals surface area (Å²) in [6.45, 7) is 5.76. The molecule has 0 fully saturated rings. The number of aryl methyl sites for hydroxylation is 3. The maximum atomic E-state index is 6.07. The Hall–Kier alpha value is -1.32. The minimum absolute atomic E-state index is 0.260. The quantitative estimate of drug-likeness (QED) is 0.819. The van der Waals surface area contributed by atoms with Crippen molar-refractivity contribution in [3.05, 3.63) is 45.3 Å². The molecule has 1 aromatic carbocycles. The molecular formula is C14H14Cl2N2O. The number of rotatable bonds is 3. The van der Waals surface area contributed by atoms with Crippen LogP contribution in [-0.2, 0) is 6.42 Å². The van der Waals surface area contributed by atoms with E-state index in [1.54, 1.807) is 12.1 Å². The van der Waals surface area contributed by atoms with Gasteiger partial charge in [0.1, 0.15) is 5.75 Å². The molecule has 3 nitrogen and oxygen atoms in total. The van der Waals surface area contributed by atoms with E-state index in [9.17, 15) is 0 Å². The lowest BCUT2D eigenvalue weighted by Crippen LogP contribution is -1.97. The van der Waals surface area contributed by atoms with Crippen molar-refractivity contribution < 1.29 is 4.74 Å². The normalized spacial score (nSPS) is 10.6. The lowest BCUT2D eigenvalue weighted by atomic mass is 10.1. The van der Waals surface area contributed by atoms with Crippen LogP contribution in [0.2, 0.25) is 10.2 Å². The number of benzene rings is 1. The highest BCUT2D eigenvalue weighted by atomic mass is 35.5. The molecule has 0 saturated carbocycles. The van der Waals surface area contributed by atoms with Gasteiger partial charge in [0.15, 0.2) is 5.15 Å². The molecule has 0 bridgehead atoms. The Morgan fingerprint density at radius 2 is 1.79 bits per heavy atom. The summed E-state index contributed by atoms with van der Waals surface area (Å²) in [5.41, 5.74) is 2.61. The van der Waals surface area contributed by atoms with Crippen molar-refractivity contribution in [2.75, 3.05) is 0 Å². The van der Waals surface area contributed by atoms with Crippen LogP contribution in [-0.4, -0.2) is 9.97 Å². The molecule has 2 aromatic rings. The Kier molecular flexibility index (Phi) is 4.27. The summed E-state index contributed by atoms with van der Waals surface area (Å²) in [4.78, 5) is 8.48. The first-order valence-corrected chi connectivity index (χ1v) is 6.74. The zero-order chi connectivity index (χ0) is 14.0. The molecule has 0 amide bonds. The van der Waals surface area contributed by atoms with Gasteiger partial charge in [-0.25, -0.2) is 9.97 Å². The molecule has 2 rings (SSSR count). The number of hydrogen-bond donors (Lipinski definition) is 0. The fourth-order valence-corrected chi connectivity index (χ4v) is 2.08. The van der Waals surface area contributed by atoms with E-state index in [1.165, 1.54) is 0 Å². The molecule has 0 atom stereocenters. The van der Waals surface area contributed by atoms with Gasteiger partial charge in [-0.1, -0.05) is 30.1 Å². The van der Waals surface area contributed by atoms with E-state index in [-0.39, 0.29) is 5.15 Å². The van der Waals surface area contributed by atoms with E-state index < -0.39 is 0 Å². The molecule has 1 heterocycles. The summed E-state index contributed by atoms with van der Waals surface area (Å²) in [5, 5.41) is 0.989. The van der Waals surface area contributed by atoms with E-state index in [2.05, 4.69) is 9.97 Å². The largest absolute Gasteiger partial charge is 0.436 e. The average Bonchev–Trinajstić information content (AvgIpc) is 2.38. The number of halogens is 2. The van der Waals surface area contributed by atoms with Gasteiger partial charge in [0, 0.05) is 5.02 Å². The first-order valence-electron chi connectivity index (χ1n) is 5.98. The second kappa shape index (κ2) is 5.76. The zero-order valence-corrected chi connectivity index (χ0v) is 12.5. The molecule has 0 aliphatic heterocycles. The van der Waals surface area contributed by atoms with Crippen molar-refractivity contribution in [1.29, 1.82) is 0 Å². The summed E-state index contributed by atoms with van der Waals surface area (Å²) in [7, 11) is 0. The van der Waals surface area contributed by atoms with Crippen molar-refractivity contribution in [2.24, 2.45) is 0 Å². The van der Waals surface area contributed by atoms with Gasteiger partial charge >= 0.3 is 0 Å². The van der Waals surface area contributed by atoms with Crippen LogP contribution in [0.25, 0.3) is 0 Å². The molecule has 1 aromatic heterocycles. The Labute approximate surface area is 122 Å². The van der Waals surface area contributed by atoms with Gasteiger partial charge in [0.25, 0.3) is 5.88 Å². The van der Waals surface area contributed by atoms with Gasteiger partial charge in [0.05, 0.1) is 11.4 Å². The van der Waals surface area contributed by atoms with Crippen LogP contribution in [0.5, 0.6) is 11.6 Å². The smallest absolute Gasteiger partial charge is 0.257 e. The molecule has 0 saturated heterocycles. The predicted octanol–water partition coefficient (Wildman–Crippen LogP) is 4.75. The number of nitrogens with zero attached hydrogens (tertiary/aromatic N) is 2. The summed E-state index contributed by atoms with van der Waals surface area (Å²) >= 11 is 12.1. The average molecular weight is 297 g/mol. The molecular weight excluding hydrogens is 283 g/mol. The van der Waals surface area contributed by atoms with E-state index >= 15 is 0 Å². The van der Waals surface area contributed by atoms with E-state index in [0.29, 0.717) is 11.6 Å². The van der Waals surface area contributed by atoms with Crippen LogP contribution in [0.1, 0.15) is 23.9 Å².